The highest BCUT2D eigenvalue weighted by molar-refractivity contribution is 9.10. The molecule has 0 N–H and O–H groups in total. The Labute approximate surface area is 204 Å². The van der Waals surface area contributed by atoms with Crippen LogP contribution in [0, 0.1) is 13.8 Å². The number of hydrogen-bond donors (Lipinski definition) is 0. The smallest absolute Gasteiger partial charge is 0.282 e. The maximum atomic E-state index is 13.4. The van der Waals surface area contributed by atoms with Crippen LogP contribution < -0.4 is 5.56 Å². The lowest BCUT2D eigenvalue weighted by atomic mass is 9.95. The third-order valence-electron chi connectivity index (χ3n) is 5.36. The minimum Gasteiger partial charge on any atom is -0.317 e. The van der Waals surface area contributed by atoms with Crippen LogP contribution in [0.4, 0.5) is 0 Å². The van der Waals surface area contributed by atoms with Gasteiger partial charge in [-0.25, -0.2) is 4.98 Å². The Balaban J connectivity index is 1.88. The van der Waals surface area contributed by atoms with E-state index in [0.717, 1.165) is 31.6 Å². The normalized spacial score (nSPS) is 12.2. The van der Waals surface area contributed by atoms with Gasteiger partial charge >= 0.3 is 0 Å². The summed E-state index contributed by atoms with van der Waals surface area (Å²) >= 11 is 7.10. The lowest BCUT2D eigenvalue weighted by Gasteiger charge is -2.20. The highest BCUT2D eigenvalue weighted by Gasteiger charge is 2.23. The zero-order valence-corrected chi connectivity index (χ0v) is 21.8. The molecule has 0 spiro atoms. The van der Waals surface area contributed by atoms with Crippen molar-refractivity contribution in [2.45, 2.75) is 40.0 Å². The van der Waals surface area contributed by atoms with E-state index < -0.39 is 0 Å². The van der Waals surface area contributed by atoms with Crippen LogP contribution in [0.3, 0.4) is 0 Å². The molecule has 0 aliphatic carbocycles. The van der Waals surface area contributed by atoms with Gasteiger partial charge in [0.25, 0.3) is 5.56 Å². The Kier molecular flexibility index (Phi) is 5.98. The third-order valence-corrected chi connectivity index (χ3v) is 6.52. The predicted octanol–water partition coefficient (Wildman–Crippen LogP) is 6.51. The van der Waals surface area contributed by atoms with E-state index in [0.29, 0.717) is 16.7 Å². The fourth-order valence-corrected chi connectivity index (χ4v) is 4.61. The summed E-state index contributed by atoms with van der Waals surface area (Å²) in [7, 11) is 0. The van der Waals surface area contributed by atoms with Gasteiger partial charge in [-0.05, 0) is 66.2 Å². The summed E-state index contributed by atoms with van der Waals surface area (Å²) in [4.78, 5) is 18.2. The number of hydrogen-bond acceptors (Lipinski definition) is 3. The molecule has 2 aromatic carbocycles. The van der Waals surface area contributed by atoms with Crippen LogP contribution in [-0.4, -0.2) is 20.4 Å². The van der Waals surface area contributed by atoms with Crippen molar-refractivity contribution in [3.8, 4) is 5.69 Å². The number of halogens is 2. The SMILES string of the molecule is Cc1cc(C=Nn2c(C(C)(C)C)nc3ccc(Br)cc3c2=O)c(C)n1-c1ccccc1Br. The van der Waals surface area contributed by atoms with Crippen LogP contribution in [-0.2, 0) is 5.41 Å². The first-order valence-corrected chi connectivity index (χ1v) is 11.9. The number of rotatable bonds is 3. The third kappa shape index (κ3) is 4.11. The maximum Gasteiger partial charge on any atom is 0.282 e. The molecule has 2 heterocycles. The number of aromatic nitrogens is 3. The molecule has 0 amide bonds. The maximum absolute atomic E-state index is 13.4. The van der Waals surface area contributed by atoms with E-state index in [9.17, 15) is 4.79 Å². The van der Waals surface area contributed by atoms with Crippen molar-refractivity contribution in [1.82, 2.24) is 14.2 Å². The molecule has 0 aliphatic rings. The molecule has 2 aromatic heterocycles. The Bertz CT molecular complexity index is 1420. The summed E-state index contributed by atoms with van der Waals surface area (Å²) < 4.78 is 5.45. The van der Waals surface area contributed by atoms with Gasteiger partial charge < -0.3 is 4.57 Å². The van der Waals surface area contributed by atoms with E-state index >= 15 is 0 Å². The molecule has 0 bridgehead atoms. The molecule has 0 saturated carbocycles. The lowest BCUT2D eigenvalue weighted by Crippen LogP contribution is -2.29. The molecule has 0 radical (unpaired) electrons. The van der Waals surface area contributed by atoms with E-state index in [4.69, 9.17) is 4.98 Å². The Morgan fingerprint density at radius 3 is 2.44 bits per heavy atom. The van der Waals surface area contributed by atoms with Crippen LogP contribution in [0.15, 0.2) is 67.4 Å². The summed E-state index contributed by atoms with van der Waals surface area (Å²) in [6.45, 7) is 10.2. The molecule has 4 rings (SSSR count). The summed E-state index contributed by atoms with van der Waals surface area (Å²) in [6.07, 6.45) is 1.75. The van der Waals surface area contributed by atoms with E-state index in [1.165, 1.54) is 4.68 Å². The second-order valence-corrected chi connectivity index (χ2v) is 10.6. The predicted molar refractivity (Wildman–Crippen MR) is 138 cm³/mol. The molecular formula is C25H24Br2N4O. The van der Waals surface area contributed by atoms with Gasteiger partial charge in [-0.15, -0.1) is 0 Å². The second-order valence-electron chi connectivity index (χ2n) is 8.82. The molecule has 7 heteroatoms. The first-order valence-electron chi connectivity index (χ1n) is 10.3. The number of benzene rings is 2. The van der Waals surface area contributed by atoms with Gasteiger partial charge in [-0.1, -0.05) is 48.8 Å². The molecule has 0 atom stereocenters. The summed E-state index contributed by atoms with van der Waals surface area (Å²) in [5, 5.41) is 5.16. The Morgan fingerprint density at radius 1 is 1.03 bits per heavy atom. The molecule has 164 valence electrons. The van der Waals surface area contributed by atoms with E-state index in [-0.39, 0.29) is 11.0 Å². The van der Waals surface area contributed by atoms with Crippen molar-refractivity contribution in [2.75, 3.05) is 0 Å². The van der Waals surface area contributed by atoms with Crippen LogP contribution in [0.2, 0.25) is 0 Å². The molecule has 5 nitrogen and oxygen atoms in total. The van der Waals surface area contributed by atoms with E-state index in [2.05, 4.69) is 67.5 Å². The Morgan fingerprint density at radius 2 is 1.75 bits per heavy atom. The van der Waals surface area contributed by atoms with Gasteiger partial charge in [0.05, 0.1) is 22.8 Å². The standard InChI is InChI=1S/C25H24Br2N4O/c1-15-12-17(16(2)30(15)22-9-7-6-8-20(22)27)14-28-31-23(32)19-13-18(26)10-11-21(19)29-24(31)25(3,4)5/h6-14H,1-5H3. The zero-order valence-electron chi connectivity index (χ0n) is 18.6. The van der Waals surface area contributed by atoms with Crippen molar-refractivity contribution < 1.29 is 0 Å². The molecular weight excluding hydrogens is 532 g/mol. The summed E-state index contributed by atoms with van der Waals surface area (Å²) in [6, 6.07) is 15.7. The average Bonchev–Trinajstić information content (AvgIpc) is 3.00. The Hall–Kier alpha value is -2.51. The number of aryl methyl sites for hydroxylation is 1. The van der Waals surface area contributed by atoms with Crippen molar-refractivity contribution >= 4 is 49.0 Å². The first kappa shape index (κ1) is 22.7. The van der Waals surface area contributed by atoms with Crippen LogP contribution >= 0.6 is 31.9 Å². The lowest BCUT2D eigenvalue weighted by molar-refractivity contribution is 0.506. The summed E-state index contributed by atoms with van der Waals surface area (Å²) in [5.41, 5.74) is 4.26. The van der Waals surface area contributed by atoms with Crippen molar-refractivity contribution in [3.63, 3.8) is 0 Å². The minimum absolute atomic E-state index is 0.183. The van der Waals surface area contributed by atoms with Crippen molar-refractivity contribution in [1.29, 1.82) is 0 Å². The largest absolute Gasteiger partial charge is 0.317 e. The highest BCUT2D eigenvalue weighted by atomic mass is 79.9. The van der Waals surface area contributed by atoms with E-state index in [1.807, 2.05) is 51.1 Å². The monoisotopic (exact) mass is 554 g/mol. The van der Waals surface area contributed by atoms with E-state index in [1.54, 1.807) is 12.3 Å². The fraction of sp³-hybridized carbons (Fsp3) is 0.240. The van der Waals surface area contributed by atoms with Crippen molar-refractivity contribution in [2.24, 2.45) is 5.10 Å². The number of para-hydroxylation sites is 1. The molecule has 0 fully saturated rings. The fourth-order valence-electron chi connectivity index (χ4n) is 3.78. The molecule has 4 aromatic rings. The van der Waals surface area contributed by atoms with Crippen LogP contribution in [0.1, 0.15) is 43.5 Å². The molecule has 0 saturated heterocycles. The molecule has 0 aliphatic heterocycles. The van der Waals surface area contributed by atoms with Gasteiger partial charge in [0.2, 0.25) is 0 Å². The number of fused-ring (bicyclic) bond motifs is 1. The quantitative estimate of drug-likeness (QED) is 0.271. The molecule has 0 unspecified atom stereocenters. The first-order chi connectivity index (χ1) is 15.1. The minimum atomic E-state index is -0.358. The molecule has 32 heavy (non-hydrogen) atoms. The average molecular weight is 556 g/mol. The topological polar surface area (TPSA) is 52.2 Å². The second kappa shape index (κ2) is 8.45. The van der Waals surface area contributed by atoms with Crippen LogP contribution in [0.5, 0.6) is 0 Å². The van der Waals surface area contributed by atoms with Gasteiger partial charge in [0.15, 0.2) is 0 Å². The highest BCUT2D eigenvalue weighted by Crippen LogP contribution is 2.27. The van der Waals surface area contributed by atoms with Gasteiger partial charge in [0, 0.05) is 31.3 Å². The van der Waals surface area contributed by atoms with Gasteiger partial charge in [-0.3, -0.25) is 4.79 Å². The summed E-state index contributed by atoms with van der Waals surface area (Å²) in [5.74, 6) is 0.619. The van der Waals surface area contributed by atoms with Crippen LogP contribution in [0.25, 0.3) is 16.6 Å². The van der Waals surface area contributed by atoms with Gasteiger partial charge in [-0.2, -0.15) is 9.78 Å². The van der Waals surface area contributed by atoms with Gasteiger partial charge in [0.1, 0.15) is 5.82 Å². The number of nitrogens with zero attached hydrogens (tertiary/aromatic N) is 4. The van der Waals surface area contributed by atoms with Crippen molar-refractivity contribution in [3.05, 3.63) is 90.6 Å². The zero-order chi connectivity index (χ0) is 23.2.